The van der Waals surface area contributed by atoms with Gasteiger partial charge in [0.2, 0.25) is 0 Å². The van der Waals surface area contributed by atoms with Crippen LogP contribution in [0.4, 0.5) is 5.13 Å². The van der Waals surface area contributed by atoms with E-state index in [0.29, 0.717) is 34.3 Å². The van der Waals surface area contributed by atoms with Gasteiger partial charge in [-0.1, -0.05) is 23.5 Å². The zero-order valence-corrected chi connectivity index (χ0v) is 19.0. The molecule has 31 heavy (non-hydrogen) atoms. The number of carbonyl (C=O) groups excluding carboxylic acids is 1. The van der Waals surface area contributed by atoms with Crippen LogP contribution in [0, 0.1) is 0 Å². The summed E-state index contributed by atoms with van der Waals surface area (Å²) in [5.74, 6) is 1.18. The number of nitrogens with zero attached hydrogens (tertiary/aromatic N) is 3. The lowest BCUT2D eigenvalue weighted by Gasteiger charge is -2.20. The minimum atomic E-state index is -0.140. The Balaban J connectivity index is 1.83. The number of amides is 1. The van der Waals surface area contributed by atoms with E-state index < -0.39 is 0 Å². The number of ether oxygens (including phenoxy) is 2. The number of hydrogen-bond acceptors (Lipinski definition) is 7. The number of aromatic nitrogens is 2. The number of rotatable bonds is 7. The van der Waals surface area contributed by atoms with Gasteiger partial charge in [0, 0.05) is 16.7 Å². The smallest absolute Gasteiger partial charge is 0.260 e. The molecule has 0 unspecified atom stereocenters. The van der Waals surface area contributed by atoms with Crippen molar-refractivity contribution in [3.05, 3.63) is 72.1 Å². The molecule has 0 aliphatic heterocycles. The average molecular weight is 452 g/mol. The molecule has 2 heterocycles. The monoisotopic (exact) mass is 451 g/mol. The summed E-state index contributed by atoms with van der Waals surface area (Å²) in [6.07, 6.45) is 3.71. The first-order valence-electron chi connectivity index (χ1n) is 9.52. The molecule has 158 valence electrons. The van der Waals surface area contributed by atoms with Crippen molar-refractivity contribution in [2.45, 2.75) is 11.4 Å². The highest BCUT2D eigenvalue weighted by atomic mass is 32.2. The van der Waals surface area contributed by atoms with Crippen molar-refractivity contribution in [1.82, 2.24) is 9.97 Å². The summed E-state index contributed by atoms with van der Waals surface area (Å²) in [5.41, 5.74) is 2.04. The van der Waals surface area contributed by atoms with Gasteiger partial charge in [-0.25, -0.2) is 4.98 Å². The van der Waals surface area contributed by atoms with Crippen molar-refractivity contribution in [1.29, 1.82) is 0 Å². The van der Waals surface area contributed by atoms with E-state index in [1.54, 1.807) is 37.1 Å². The first-order chi connectivity index (χ1) is 15.1. The Kier molecular flexibility index (Phi) is 6.39. The number of thiazole rings is 1. The first-order valence-corrected chi connectivity index (χ1v) is 11.6. The largest absolute Gasteiger partial charge is 0.495 e. The number of pyridine rings is 1. The van der Waals surface area contributed by atoms with Crippen LogP contribution in [0.5, 0.6) is 11.5 Å². The van der Waals surface area contributed by atoms with Crippen molar-refractivity contribution in [2.75, 3.05) is 25.4 Å². The highest BCUT2D eigenvalue weighted by Crippen LogP contribution is 2.40. The molecular formula is C23H21N3O3S2. The molecule has 2 aromatic carbocycles. The summed E-state index contributed by atoms with van der Waals surface area (Å²) >= 11 is 2.99. The maximum absolute atomic E-state index is 13.6. The molecular weight excluding hydrogens is 430 g/mol. The summed E-state index contributed by atoms with van der Waals surface area (Å²) in [6.45, 7) is 0.299. The molecule has 0 saturated carbocycles. The van der Waals surface area contributed by atoms with E-state index in [2.05, 4.69) is 4.98 Å². The first kappa shape index (κ1) is 21.1. The summed E-state index contributed by atoms with van der Waals surface area (Å²) in [4.78, 5) is 25.4. The van der Waals surface area contributed by atoms with Gasteiger partial charge in [0.15, 0.2) is 5.13 Å². The molecule has 1 amide bonds. The van der Waals surface area contributed by atoms with Gasteiger partial charge in [0.05, 0.1) is 26.5 Å². The molecule has 0 saturated heterocycles. The second-order valence-electron chi connectivity index (χ2n) is 6.59. The van der Waals surface area contributed by atoms with Gasteiger partial charge < -0.3 is 9.47 Å². The number of fused-ring (bicyclic) bond motifs is 1. The summed E-state index contributed by atoms with van der Waals surface area (Å²) in [5, 5.41) is 0.558. The summed E-state index contributed by atoms with van der Waals surface area (Å²) in [6, 6.07) is 16.9. The SMILES string of the molecule is COc1ccc(OC)c2sc(N(Cc3ccccn3)C(=O)c3cccc(SC)c3)nc12. The number of thioether (sulfide) groups is 1. The number of anilines is 1. The van der Waals surface area contributed by atoms with Gasteiger partial charge >= 0.3 is 0 Å². The molecule has 0 fully saturated rings. The van der Waals surface area contributed by atoms with E-state index in [1.165, 1.54) is 11.3 Å². The van der Waals surface area contributed by atoms with Crippen molar-refractivity contribution < 1.29 is 14.3 Å². The van der Waals surface area contributed by atoms with E-state index in [1.807, 2.05) is 60.9 Å². The summed E-state index contributed by atoms with van der Waals surface area (Å²) < 4.78 is 11.8. The molecule has 0 radical (unpaired) electrons. The highest BCUT2D eigenvalue weighted by Gasteiger charge is 2.24. The molecule has 0 spiro atoms. The van der Waals surface area contributed by atoms with Crippen LogP contribution in [0.2, 0.25) is 0 Å². The molecule has 0 aliphatic rings. The second kappa shape index (κ2) is 9.36. The lowest BCUT2D eigenvalue weighted by molar-refractivity contribution is 0.0984. The molecule has 4 aromatic rings. The van der Waals surface area contributed by atoms with Crippen LogP contribution in [-0.4, -0.2) is 36.4 Å². The maximum atomic E-state index is 13.6. The normalized spacial score (nSPS) is 10.8. The van der Waals surface area contributed by atoms with Crippen molar-refractivity contribution in [2.24, 2.45) is 0 Å². The van der Waals surface area contributed by atoms with E-state index in [9.17, 15) is 4.79 Å². The predicted octanol–water partition coefficient (Wildman–Crippen LogP) is 5.28. The number of methoxy groups -OCH3 is 2. The van der Waals surface area contributed by atoms with Gasteiger partial charge in [0.1, 0.15) is 21.7 Å². The van der Waals surface area contributed by atoms with Gasteiger partial charge in [-0.05, 0) is 48.7 Å². The van der Waals surface area contributed by atoms with Gasteiger partial charge in [0.25, 0.3) is 5.91 Å². The minimum Gasteiger partial charge on any atom is -0.495 e. The van der Waals surface area contributed by atoms with Crippen LogP contribution in [-0.2, 0) is 6.54 Å². The molecule has 6 nitrogen and oxygen atoms in total. The zero-order valence-electron chi connectivity index (χ0n) is 17.4. The fourth-order valence-corrected chi connectivity index (χ4v) is 4.71. The third kappa shape index (κ3) is 4.35. The lowest BCUT2D eigenvalue weighted by atomic mass is 10.2. The Morgan fingerprint density at radius 3 is 2.58 bits per heavy atom. The van der Waals surface area contributed by atoms with Crippen LogP contribution >= 0.6 is 23.1 Å². The Morgan fingerprint density at radius 1 is 1.06 bits per heavy atom. The number of benzene rings is 2. The van der Waals surface area contributed by atoms with E-state index in [4.69, 9.17) is 14.5 Å². The van der Waals surface area contributed by atoms with E-state index in [0.717, 1.165) is 15.3 Å². The van der Waals surface area contributed by atoms with Crippen LogP contribution in [0.1, 0.15) is 16.1 Å². The molecule has 0 atom stereocenters. The maximum Gasteiger partial charge on any atom is 0.260 e. The Morgan fingerprint density at radius 2 is 1.87 bits per heavy atom. The standard InChI is InChI=1S/C23H21N3O3S2/c1-28-18-10-11-19(29-2)21-20(18)25-23(31-21)26(14-16-8-4-5-12-24-16)22(27)15-7-6-9-17(13-15)30-3/h4-13H,14H2,1-3H3. The number of carbonyl (C=O) groups is 1. The zero-order chi connectivity index (χ0) is 21.8. The lowest BCUT2D eigenvalue weighted by Crippen LogP contribution is -2.30. The second-order valence-corrected chi connectivity index (χ2v) is 8.45. The fourth-order valence-electron chi connectivity index (χ4n) is 3.18. The van der Waals surface area contributed by atoms with Gasteiger partial charge in [-0.2, -0.15) is 0 Å². The van der Waals surface area contributed by atoms with E-state index in [-0.39, 0.29) is 5.91 Å². The molecule has 4 rings (SSSR count). The molecule has 0 N–H and O–H groups in total. The number of hydrogen-bond donors (Lipinski definition) is 0. The van der Waals surface area contributed by atoms with Crippen LogP contribution in [0.25, 0.3) is 10.2 Å². The van der Waals surface area contributed by atoms with Crippen molar-refractivity contribution >= 4 is 44.4 Å². The minimum absolute atomic E-state index is 0.140. The van der Waals surface area contributed by atoms with E-state index >= 15 is 0 Å². The Hall–Kier alpha value is -3.10. The molecule has 0 aliphatic carbocycles. The highest BCUT2D eigenvalue weighted by molar-refractivity contribution is 7.98. The molecule has 0 bridgehead atoms. The molecule has 2 aromatic heterocycles. The Bertz CT molecular complexity index is 1170. The summed E-state index contributed by atoms with van der Waals surface area (Å²) in [7, 11) is 3.22. The van der Waals surface area contributed by atoms with Gasteiger partial charge in [-0.3, -0.25) is 14.7 Å². The van der Waals surface area contributed by atoms with Crippen LogP contribution in [0.3, 0.4) is 0 Å². The van der Waals surface area contributed by atoms with Crippen molar-refractivity contribution in [3.8, 4) is 11.5 Å². The quantitative estimate of drug-likeness (QED) is 0.356. The molecule has 8 heteroatoms. The van der Waals surface area contributed by atoms with Crippen molar-refractivity contribution in [3.63, 3.8) is 0 Å². The average Bonchev–Trinajstić information content (AvgIpc) is 3.27. The predicted molar refractivity (Wildman–Crippen MR) is 126 cm³/mol. The van der Waals surface area contributed by atoms with Gasteiger partial charge in [-0.15, -0.1) is 11.8 Å². The van der Waals surface area contributed by atoms with Crippen LogP contribution < -0.4 is 14.4 Å². The Labute approximate surface area is 188 Å². The fraction of sp³-hybridized carbons (Fsp3) is 0.174. The topological polar surface area (TPSA) is 64.6 Å². The van der Waals surface area contributed by atoms with Crippen LogP contribution in [0.15, 0.2) is 65.7 Å². The third-order valence-corrected chi connectivity index (χ3v) is 6.56. The third-order valence-electron chi connectivity index (χ3n) is 4.74.